The van der Waals surface area contributed by atoms with E-state index in [0.29, 0.717) is 5.69 Å². The second-order valence-corrected chi connectivity index (χ2v) is 7.83. The van der Waals surface area contributed by atoms with Crippen LogP contribution < -0.4 is 5.32 Å². The maximum absolute atomic E-state index is 12.3. The predicted octanol–water partition coefficient (Wildman–Crippen LogP) is 2.27. The largest absolute Gasteiger partial charge is 0.451 e. The summed E-state index contributed by atoms with van der Waals surface area (Å²) >= 11 is 0. The number of carbonyl (C=O) groups excluding carboxylic acids is 2. The number of aryl methyl sites for hydroxylation is 1. The molecule has 1 aromatic heterocycles. The molecule has 1 heterocycles. The quantitative estimate of drug-likeness (QED) is 0.867. The molecule has 0 atom stereocenters. The van der Waals surface area contributed by atoms with E-state index in [2.05, 4.69) is 5.32 Å². The summed E-state index contributed by atoms with van der Waals surface area (Å²) in [6, 6.07) is 3.48. The summed E-state index contributed by atoms with van der Waals surface area (Å²) in [4.78, 5) is 24.3. The van der Waals surface area contributed by atoms with Crippen LogP contribution in [0.4, 0.5) is 0 Å². The Balaban J connectivity index is 1.34. The Morgan fingerprint density at radius 2 is 1.83 bits per heavy atom. The Bertz CT molecular complexity index is 599. The third-order valence-electron chi connectivity index (χ3n) is 5.93. The lowest BCUT2D eigenvalue weighted by Gasteiger charge is -2.56. The van der Waals surface area contributed by atoms with Crippen molar-refractivity contribution in [3.63, 3.8) is 0 Å². The fraction of sp³-hybridized carbons (Fsp3) is 0.667. The highest BCUT2D eigenvalue weighted by Gasteiger charge is 2.51. The second kappa shape index (κ2) is 5.39. The topological polar surface area (TPSA) is 60.3 Å². The van der Waals surface area contributed by atoms with Gasteiger partial charge in [-0.05, 0) is 68.4 Å². The Labute approximate surface area is 136 Å². The molecule has 23 heavy (non-hydrogen) atoms. The van der Waals surface area contributed by atoms with Gasteiger partial charge in [0, 0.05) is 18.8 Å². The molecule has 4 bridgehead atoms. The van der Waals surface area contributed by atoms with Crippen LogP contribution in [-0.2, 0) is 16.6 Å². The van der Waals surface area contributed by atoms with Gasteiger partial charge in [0.05, 0.1) is 0 Å². The molecule has 0 aromatic carbocycles. The first-order valence-corrected chi connectivity index (χ1v) is 8.62. The highest BCUT2D eigenvalue weighted by Crippen LogP contribution is 2.55. The smallest absolute Gasteiger partial charge is 0.355 e. The third kappa shape index (κ3) is 2.77. The first kappa shape index (κ1) is 14.8. The van der Waals surface area contributed by atoms with Gasteiger partial charge in [0.15, 0.2) is 6.61 Å². The van der Waals surface area contributed by atoms with Gasteiger partial charge >= 0.3 is 5.97 Å². The van der Waals surface area contributed by atoms with Crippen molar-refractivity contribution in [2.75, 3.05) is 6.61 Å². The van der Waals surface area contributed by atoms with E-state index >= 15 is 0 Å². The maximum Gasteiger partial charge on any atom is 0.355 e. The lowest BCUT2D eigenvalue weighted by atomic mass is 9.53. The minimum atomic E-state index is -0.446. The second-order valence-electron chi connectivity index (χ2n) is 7.83. The van der Waals surface area contributed by atoms with Crippen LogP contribution in [0, 0.1) is 17.8 Å². The lowest BCUT2D eigenvalue weighted by molar-refractivity contribution is -0.130. The van der Waals surface area contributed by atoms with Gasteiger partial charge in [0.2, 0.25) is 0 Å². The molecule has 1 aromatic rings. The molecule has 4 fully saturated rings. The van der Waals surface area contributed by atoms with E-state index in [1.807, 2.05) is 0 Å². The molecule has 4 saturated carbocycles. The first-order chi connectivity index (χ1) is 11.0. The van der Waals surface area contributed by atoms with Crippen LogP contribution in [0.3, 0.4) is 0 Å². The highest BCUT2D eigenvalue weighted by molar-refractivity contribution is 5.90. The van der Waals surface area contributed by atoms with Crippen LogP contribution in [0.2, 0.25) is 0 Å². The molecule has 1 amide bonds. The molecule has 5 rings (SSSR count). The van der Waals surface area contributed by atoms with E-state index in [-0.39, 0.29) is 18.1 Å². The summed E-state index contributed by atoms with van der Waals surface area (Å²) < 4.78 is 6.86. The number of rotatable bonds is 4. The number of aromatic nitrogens is 1. The predicted molar refractivity (Wildman–Crippen MR) is 84.7 cm³/mol. The van der Waals surface area contributed by atoms with E-state index in [4.69, 9.17) is 4.74 Å². The van der Waals surface area contributed by atoms with Gasteiger partial charge in [-0.2, -0.15) is 0 Å². The van der Waals surface area contributed by atoms with Gasteiger partial charge in [-0.1, -0.05) is 0 Å². The van der Waals surface area contributed by atoms with Crippen molar-refractivity contribution in [3.8, 4) is 0 Å². The number of nitrogens with one attached hydrogen (secondary N) is 1. The average molecular weight is 316 g/mol. The van der Waals surface area contributed by atoms with Crippen molar-refractivity contribution in [1.29, 1.82) is 0 Å². The van der Waals surface area contributed by atoms with Crippen LogP contribution in [0.1, 0.15) is 49.0 Å². The Hall–Kier alpha value is -1.78. The highest BCUT2D eigenvalue weighted by atomic mass is 16.5. The van der Waals surface area contributed by atoms with Gasteiger partial charge < -0.3 is 14.6 Å². The van der Waals surface area contributed by atoms with Gasteiger partial charge in [-0.25, -0.2) is 4.79 Å². The van der Waals surface area contributed by atoms with Crippen molar-refractivity contribution < 1.29 is 14.3 Å². The van der Waals surface area contributed by atoms with E-state index in [0.717, 1.165) is 37.0 Å². The molecular formula is C18H24N2O3. The third-order valence-corrected chi connectivity index (χ3v) is 5.93. The van der Waals surface area contributed by atoms with E-state index in [1.165, 1.54) is 19.3 Å². The fourth-order valence-corrected chi connectivity index (χ4v) is 5.47. The van der Waals surface area contributed by atoms with Gasteiger partial charge in [0.1, 0.15) is 5.69 Å². The number of nitrogens with zero attached hydrogens (tertiary/aromatic N) is 1. The molecule has 124 valence electrons. The molecule has 0 aliphatic heterocycles. The van der Waals surface area contributed by atoms with Crippen LogP contribution in [-0.4, -0.2) is 28.6 Å². The van der Waals surface area contributed by atoms with Crippen molar-refractivity contribution in [2.24, 2.45) is 24.8 Å². The number of hydrogen-bond donors (Lipinski definition) is 1. The molecule has 5 nitrogen and oxygen atoms in total. The Morgan fingerprint density at radius 3 is 2.35 bits per heavy atom. The fourth-order valence-electron chi connectivity index (χ4n) is 5.47. The Kier molecular flexibility index (Phi) is 3.47. The molecule has 4 aliphatic rings. The number of carbonyl (C=O) groups is 2. The van der Waals surface area contributed by atoms with E-state index < -0.39 is 5.97 Å². The normalized spacial score (nSPS) is 34.4. The van der Waals surface area contributed by atoms with Crippen molar-refractivity contribution in [2.45, 2.75) is 44.1 Å². The van der Waals surface area contributed by atoms with Crippen LogP contribution in [0.15, 0.2) is 18.3 Å². The summed E-state index contributed by atoms with van der Waals surface area (Å²) in [5.41, 5.74) is 0.441. The zero-order chi connectivity index (χ0) is 16.0. The number of amides is 1. The van der Waals surface area contributed by atoms with Gasteiger partial charge in [-0.15, -0.1) is 0 Å². The number of esters is 1. The molecule has 0 radical (unpaired) electrons. The van der Waals surface area contributed by atoms with Crippen LogP contribution in [0.25, 0.3) is 0 Å². The summed E-state index contributed by atoms with van der Waals surface area (Å²) in [6.07, 6.45) is 9.14. The van der Waals surface area contributed by atoms with Crippen LogP contribution >= 0.6 is 0 Å². The summed E-state index contributed by atoms with van der Waals surface area (Å²) in [7, 11) is 1.78. The van der Waals surface area contributed by atoms with Crippen molar-refractivity contribution in [1.82, 2.24) is 9.88 Å². The SMILES string of the molecule is Cn1cccc1C(=O)OCC(=O)NC12CC3CC(CC(C3)C1)C2. The van der Waals surface area contributed by atoms with Gasteiger partial charge in [-0.3, -0.25) is 4.79 Å². The number of ether oxygens (including phenoxy) is 1. The molecule has 1 N–H and O–H groups in total. The minimum Gasteiger partial charge on any atom is -0.451 e. The molecular weight excluding hydrogens is 292 g/mol. The summed E-state index contributed by atoms with van der Waals surface area (Å²) in [5, 5.41) is 3.22. The molecule has 4 aliphatic carbocycles. The zero-order valence-corrected chi connectivity index (χ0v) is 13.6. The monoisotopic (exact) mass is 316 g/mol. The van der Waals surface area contributed by atoms with E-state index in [9.17, 15) is 9.59 Å². The average Bonchev–Trinajstić information content (AvgIpc) is 2.89. The molecule has 0 saturated heterocycles. The minimum absolute atomic E-state index is 0.0246. The molecule has 0 spiro atoms. The number of hydrogen-bond acceptors (Lipinski definition) is 3. The summed E-state index contributed by atoms with van der Waals surface area (Å²) in [5.74, 6) is 1.75. The zero-order valence-electron chi connectivity index (χ0n) is 13.6. The van der Waals surface area contributed by atoms with Gasteiger partial charge in [0.25, 0.3) is 5.91 Å². The van der Waals surface area contributed by atoms with E-state index in [1.54, 1.807) is 29.9 Å². The first-order valence-electron chi connectivity index (χ1n) is 8.62. The van der Waals surface area contributed by atoms with Crippen LogP contribution in [0.5, 0.6) is 0 Å². The Morgan fingerprint density at radius 1 is 1.22 bits per heavy atom. The lowest BCUT2D eigenvalue weighted by Crippen LogP contribution is -2.60. The molecule has 5 heteroatoms. The summed E-state index contributed by atoms with van der Waals surface area (Å²) in [6.45, 7) is -0.189. The molecule has 0 unspecified atom stereocenters. The maximum atomic E-state index is 12.3. The van der Waals surface area contributed by atoms with Crippen molar-refractivity contribution in [3.05, 3.63) is 24.0 Å². The van der Waals surface area contributed by atoms with Crippen molar-refractivity contribution >= 4 is 11.9 Å². The standard InChI is InChI=1S/C18H24N2O3/c1-20-4-2-3-15(20)17(22)23-11-16(21)19-18-8-12-5-13(9-18)7-14(6-12)10-18/h2-4,12-14H,5-11H2,1H3,(H,19,21).